The Balaban J connectivity index is 2.37. The van der Waals surface area contributed by atoms with E-state index in [9.17, 15) is 4.79 Å². The van der Waals surface area contributed by atoms with Crippen molar-refractivity contribution in [2.75, 3.05) is 18.4 Å². The van der Waals surface area contributed by atoms with Crippen LogP contribution in [0.1, 0.15) is 25.3 Å². The van der Waals surface area contributed by atoms with Gasteiger partial charge in [0.15, 0.2) is 0 Å². The summed E-state index contributed by atoms with van der Waals surface area (Å²) in [6.45, 7) is 3.45. The lowest BCUT2D eigenvalue weighted by Gasteiger charge is -2.07. The van der Waals surface area contributed by atoms with Crippen molar-refractivity contribution in [2.24, 2.45) is 5.73 Å². The second kappa shape index (κ2) is 7.68. The third kappa shape index (κ3) is 5.36. The molecule has 4 nitrogen and oxygen atoms in total. The number of rotatable bonds is 6. The summed E-state index contributed by atoms with van der Waals surface area (Å²) in [4.78, 5) is 11.5. The molecule has 2 amide bonds. The number of benzene rings is 1. The van der Waals surface area contributed by atoms with Gasteiger partial charge in [-0.2, -0.15) is 0 Å². The maximum atomic E-state index is 11.5. The lowest BCUT2D eigenvalue weighted by molar-refractivity contribution is 0.252. The number of carbonyl (C=O) groups is 1. The Hall–Kier alpha value is -1.55. The fraction of sp³-hybridized carbons (Fsp3) is 0.462. The summed E-state index contributed by atoms with van der Waals surface area (Å²) in [5, 5.41) is 5.59. The van der Waals surface area contributed by atoms with Gasteiger partial charge in [-0.3, -0.25) is 0 Å². The van der Waals surface area contributed by atoms with Crippen LogP contribution in [-0.2, 0) is 6.42 Å². The van der Waals surface area contributed by atoms with Gasteiger partial charge in [-0.05, 0) is 37.1 Å². The first-order valence-electron chi connectivity index (χ1n) is 6.10. The van der Waals surface area contributed by atoms with Crippen molar-refractivity contribution in [3.63, 3.8) is 0 Å². The molecule has 0 fully saturated rings. The largest absolute Gasteiger partial charge is 0.338 e. The molecule has 1 aromatic carbocycles. The van der Waals surface area contributed by atoms with Crippen molar-refractivity contribution in [2.45, 2.75) is 26.2 Å². The van der Waals surface area contributed by atoms with Gasteiger partial charge in [-0.15, -0.1) is 0 Å². The van der Waals surface area contributed by atoms with E-state index in [1.165, 1.54) is 5.56 Å². The predicted molar refractivity (Wildman–Crippen MR) is 71.1 cm³/mol. The third-order valence-corrected chi connectivity index (χ3v) is 2.46. The second-order valence-electron chi connectivity index (χ2n) is 3.97. The van der Waals surface area contributed by atoms with Crippen molar-refractivity contribution >= 4 is 11.7 Å². The highest BCUT2D eigenvalue weighted by Crippen LogP contribution is 2.09. The zero-order valence-corrected chi connectivity index (χ0v) is 10.3. The summed E-state index contributed by atoms with van der Waals surface area (Å²) in [6.07, 6.45) is 2.94. The molecule has 0 unspecified atom stereocenters. The minimum absolute atomic E-state index is 0.148. The van der Waals surface area contributed by atoms with Crippen LogP contribution in [0.25, 0.3) is 0 Å². The topological polar surface area (TPSA) is 67.2 Å². The monoisotopic (exact) mass is 235 g/mol. The van der Waals surface area contributed by atoms with Crippen molar-refractivity contribution in [1.29, 1.82) is 0 Å². The number of nitrogens with two attached hydrogens (primary N) is 1. The number of hydrogen-bond acceptors (Lipinski definition) is 2. The predicted octanol–water partition coefficient (Wildman–Crippen LogP) is 2.11. The SMILES string of the molecule is CCCCNC(=O)Nc1ccc(CCN)cc1. The summed E-state index contributed by atoms with van der Waals surface area (Å²) in [5.41, 5.74) is 7.46. The zero-order chi connectivity index (χ0) is 12.5. The Bertz CT molecular complexity index is 335. The minimum Gasteiger partial charge on any atom is -0.338 e. The highest BCUT2D eigenvalue weighted by atomic mass is 16.2. The average molecular weight is 235 g/mol. The van der Waals surface area contributed by atoms with Crippen LogP contribution in [0.2, 0.25) is 0 Å². The van der Waals surface area contributed by atoms with Crippen LogP contribution in [-0.4, -0.2) is 19.1 Å². The molecule has 1 rings (SSSR count). The standard InChI is InChI=1S/C13H21N3O/c1-2-3-10-15-13(17)16-12-6-4-11(5-7-12)8-9-14/h4-7H,2-3,8-10,14H2,1H3,(H2,15,16,17). The van der Waals surface area contributed by atoms with Gasteiger partial charge in [0.1, 0.15) is 0 Å². The van der Waals surface area contributed by atoms with Crippen molar-refractivity contribution in [1.82, 2.24) is 5.32 Å². The van der Waals surface area contributed by atoms with Gasteiger partial charge < -0.3 is 16.4 Å². The van der Waals surface area contributed by atoms with Gasteiger partial charge in [0.05, 0.1) is 0 Å². The molecular formula is C13H21N3O. The summed E-state index contributed by atoms with van der Waals surface area (Å²) >= 11 is 0. The van der Waals surface area contributed by atoms with E-state index in [2.05, 4.69) is 17.6 Å². The van der Waals surface area contributed by atoms with E-state index in [4.69, 9.17) is 5.73 Å². The molecule has 0 radical (unpaired) electrons. The molecule has 0 saturated heterocycles. The molecule has 0 aromatic heterocycles. The number of unbranched alkanes of at least 4 members (excludes halogenated alkanes) is 1. The van der Waals surface area contributed by atoms with Crippen LogP contribution in [0.15, 0.2) is 24.3 Å². The number of anilines is 1. The van der Waals surface area contributed by atoms with E-state index in [-0.39, 0.29) is 6.03 Å². The molecule has 4 heteroatoms. The third-order valence-electron chi connectivity index (χ3n) is 2.46. The van der Waals surface area contributed by atoms with Crippen molar-refractivity contribution in [3.05, 3.63) is 29.8 Å². The van der Waals surface area contributed by atoms with Crippen LogP contribution in [0.5, 0.6) is 0 Å². The fourth-order valence-electron chi connectivity index (χ4n) is 1.48. The Kier molecular flexibility index (Phi) is 6.10. The number of urea groups is 1. The Morgan fingerprint density at radius 2 is 2.00 bits per heavy atom. The highest BCUT2D eigenvalue weighted by molar-refractivity contribution is 5.89. The van der Waals surface area contributed by atoms with Crippen LogP contribution >= 0.6 is 0 Å². The van der Waals surface area contributed by atoms with Crippen LogP contribution in [0.4, 0.5) is 10.5 Å². The number of carbonyl (C=O) groups excluding carboxylic acids is 1. The maximum absolute atomic E-state index is 11.5. The Morgan fingerprint density at radius 1 is 1.29 bits per heavy atom. The fourth-order valence-corrected chi connectivity index (χ4v) is 1.48. The normalized spacial score (nSPS) is 10.0. The highest BCUT2D eigenvalue weighted by Gasteiger charge is 2.00. The molecule has 1 aromatic rings. The quantitative estimate of drug-likeness (QED) is 0.661. The lowest BCUT2D eigenvalue weighted by Crippen LogP contribution is -2.29. The summed E-state index contributed by atoms with van der Waals surface area (Å²) < 4.78 is 0. The van der Waals surface area contributed by atoms with Crippen LogP contribution in [0.3, 0.4) is 0 Å². The number of nitrogens with one attached hydrogen (secondary N) is 2. The number of amides is 2. The van der Waals surface area contributed by atoms with E-state index in [1.807, 2.05) is 24.3 Å². The average Bonchev–Trinajstić information content (AvgIpc) is 2.32. The van der Waals surface area contributed by atoms with Gasteiger partial charge in [0.2, 0.25) is 0 Å². The van der Waals surface area contributed by atoms with Gasteiger partial charge in [-0.25, -0.2) is 4.79 Å². The molecule has 0 heterocycles. The molecule has 0 aliphatic heterocycles. The molecule has 4 N–H and O–H groups in total. The van der Waals surface area contributed by atoms with Crippen molar-refractivity contribution in [3.8, 4) is 0 Å². The molecule has 0 aliphatic rings. The molecule has 17 heavy (non-hydrogen) atoms. The first-order valence-corrected chi connectivity index (χ1v) is 6.10. The molecule has 0 spiro atoms. The Labute approximate surface area is 103 Å². The first kappa shape index (κ1) is 13.5. The van der Waals surface area contributed by atoms with E-state index in [0.29, 0.717) is 13.1 Å². The van der Waals surface area contributed by atoms with E-state index >= 15 is 0 Å². The summed E-state index contributed by atoms with van der Waals surface area (Å²) in [7, 11) is 0. The zero-order valence-electron chi connectivity index (χ0n) is 10.3. The molecular weight excluding hydrogens is 214 g/mol. The lowest BCUT2D eigenvalue weighted by atomic mass is 10.1. The van der Waals surface area contributed by atoms with Gasteiger partial charge in [-0.1, -0.05) is 25.5 Å². The van der Waals surface area contributed by atoms with E-state index < -0.39 is 0 Å². The molecule has 94 valence electrons. The van der Waals surface area contributed by atoms with Crippen molar-refractivity contribution < 1.29 is 4.79 Å². The molecule has 0 bridgehead atoms. The van der Waals surface area contributed by atoms with E-state index in [1.54, 1.807) is 0 Å². The molecule has 0 atom stereocenters. The van der Waals surface area contributed by atoms with Gasteiger partial charge >= 0.3 is 6.03 Å². The van der Waals surface area contributed by atoms with Crippen LogP contribution in [0, 0.1) is 0 Å². The van der Waals surface area contributed by atoms with Gasteiger partial charge in [0, 0.05) is 12.2 Å². The van der Waals surface area contributed by atoms with Crippen LogP contribution < -0.4 is 16.4 Å². The Morgan fingerprint density at radius 3 is 2.59 bits per heavy atom. The van der Waals surface area contributed by atoms with Gasteiger partial charge in [0.25, 0.3) is 0 Å². The minimum atomic E-state index is -0.148. The first-order chi connectivity index (χ1) is 8.26. The maximum Gasteiger partial charge on any atom is 0.319 e. The second-order valence-corrected chi connectivity index (χ2v) is 3.97. The smallest absolute Gasteiger partial charge is 0.319 e. The van der Waals surface area contributed by atoms with E-state index in [0.717, 1.165) is 24.9 Å². The number of hydrogen-bond donors (Lipinski definition) is 3. The molecule has 0 saturated carbocycles. The molecule has 0 aliphatic carbocycles. The summed E-state index contributed by atoms with van der Waals surface area (Å²) in [5.74, 6) is 0. The summed E-state index contributed by atoms with van der Waals surface area (Å²) in [6, 6.07) is 7.60.